The molecule has 150 valence electrons. The van der Waals surface area contributed by atoms with Crippen molar-refractivity contribution in [3.05, 3.63) is 95.0 Å². The van der Waals surface area contributed by atoms with Gasteiger partial charge < -0.3 is 5.32 Å². The smallest absolute Gasteiger partial charge is 0.257 e. The summed E-state index contributed by atoms with van der Waals surface area (Å²) in [5, 5.41) is 10.4. The van der Waals surface area contributed by atoms with Crippen molar-refractivity contribution in [2.45, 2.75) is 19.4 Å². The van der Waals surface area contributed by atoms with E-state index in [0.717, 1.165) is 10.9 Å². The van der Waals surface area contributed by atoms with Gasteiger partial charge in [0.2, 0.25) is 5.91 Å². The molecule has 0 aliphatic heterocycles. The molecule has 2 amide bonds. The van der Waals surface area contributed by atoms with Crippen molar-refractivity contribution in [1.82, 2.24) is 10.3 Å². The largest absolute Gasteiger partial charge is 0.349 e. The second-order valence-electron chi connectivity index (χ2n) is 7.04. The molecule has 5 nitrogen and oxygen atoms in total. The summed E-state index contributed by atoms with van der Waals surface area (Å²) in [6.45, 7) is 1.97. The molecule has 1 heterocycles. The Bertz CT molecular complexity index is 1190. The minimum absolute atomic E-state index is 0.109. The van der Waals surface area contributed by atoms with Gasteiger partial charge in [-0.3, -0.25) is 14.9 Å². The van der Waals surface area contributed by atoms with Gasteiger partial charge in [-0.1, -0.05) is 54.6 Å². The minimum atomic E-state index is -0.217. The predicted molar refractivity (Wildman–Crippen MR) is 121 cm³/mol. The Balaban J connectivity index is 1.35. The molecule has 0 fully saturated rings. The van der Waals surface area contributed by atoms with Crippen LogP contribution in [-0.4, -0.2) is 16.8 Å². The van der Waals surface area contributed by atoms with Gasteiger partial charge in [0.1, 0.15) is 0 Å². The molecule has 0 radical (unpaired) electrons. The summed E-state index contributed by atoms with van der Waals surface area (Å²) in [6.07, 6.45) is 0.162. The number of hydrogen-bond donors (Lipinski definition) is 2. The summed E-state index contributed by atoms with van der Waals surface area (Å²) < 4.78 is 0. The van der Waals surface area contributed by atoms with Crippen LogP contribution in [0.25, 0.3) is 10.8 Å². The molecule has 3 aromatic carbocycles. The van der Waals surface area contributed by atoms with Crippen molar-refractivity contribution >= 4 is 39.1 Å². The molecule has 4 aromatic rings. The summed E-state index contributed by atoms with van der Waals surface area (Å²) in [7, 11) is 0. The maximum atomic E-state index is 12.5. The van der Waals surface area contributed by atoms with Crippen LogP contribution in [0.4, 0.5) is 5.13 Å². The van der Waals surface area contributed by atoms with Gasteiger partial charge in [0.15, 0.2) is 5.13 Å². The first-order valence-electron chi connectivity index (χ1n) is 9.67. The number of anilines is 1. The molecule has 0 aliphatic rings. The first-order valence-corrected chi connectivity index (χ1v) is 10.6. The fraction of sp³-hybridized carbons (Fsp3) is 0.125. The molecule has 0 aliphatic carbocycles. The molecule has 1 unspecified atom stereocenters. The van der Waals surface area contributed by atoms with E-state index < -0.39 is 0 Å². The van der Waals surface area contributed by atoms with Gasteiger partial charge in [-0.25, -0.2) is 4.98 Å². The third-order valence-corrected chi connectivity index (χ3v) is 5.61. The minimum Gasteiger partial charge on any atom is -0.349 e. The van der Waals surface area contributed by atoms with Crippen LogP contribution in [0.15, 0.2) is 78.2 Å². The van der Waals surface area contributed by atoms with E-state index in [-0.39, 0.29) is 24.3 Å². The molecule has 30 heavy (non-hydrogen) atoms. The number of benzene rings is 3. The molecule has 1 atom stereocenters. The topological polar surface area (TPSA) is 71.1 Å². The number of fused-ring (bicyclic) bond motifs is 1. The lowest BCUT2D eigenvalue weighted by Crippen LogP contribution is -2.28. The van der Waals surface area contributed by atoms with Crippen molar-refractivity contribution in [1.29, 1.82) is 0 Å². The molecule has 0 spiro atoms. The highest BCUT2D eigenvalue weighted by atomic mass is 32.1. The lowest BCUT2D eigenvalue weighted by molar-refractivity contribution is -0.121. The van der Waals surface area contributed by atoms with Crippen LogP contribution in [0.2, 0.25) is 0 Å². The fourth-order valence-corrected chi connectivity index (χ4v) is 3.93. The number of aromatic nitrogens is 1. The summed E-state index contributed by atoms with van der Waals surface area (Å²) in [5.74, 6) is -0.326. The predicted octanol–water partition coefficient (Wildman–Crippen LogP) is 4.97. The van der Waals surface area contributed by atoms with Gasteiger partial charge in [0.05, 0.1) is 18.2 Å². The standard InChI is InChI=1S/C24H21N3O2S/c1-16(19-12-11-17-7-5-6-10-20(17)13-19)25-22(28)14-21-15-30-24(26-21)27-23(29)18-8-3-2-4-9-18/h2-13,15-16H,14H2,1H3,(H,25,28)(H,26,27,29). The van der Waals surface area contributed by atoms with Crippen LogP contribution in [0.5, 0.6) is 0 Å². The van der Waals surface area contributed by atoms with Crippen molar-refractivity contribution in [3.63, 3.8) is 0 Å². The van der Waals surface area contributed by atoms with E-state index in [9.17, 15) is 9.59 Å². The number of thiazole rings is 1. The molecule has 2 N–H and O–H groups in total. The van der Waals surface area contributed by atoms with Crippen molar-refractivity contribution in [2.75, 3.05) is 5.32 Å². The summed E-state index contributed by atoms with van der Waals surface area (Å²) in [4.78, 5) is 29.1. The van der Waals surface area contributed by atoms with E-state index in [2.05, 4.69) is 39.9 Å². The molecule has 0 saturated heterocycles. The first-order chi connectivity index (χ1) is 14.6. The molecular weight excluding hydrogens is 394 g/mol. The van der Waals surface area contributed by atoms with E-state index in [1.165, 1.54) is 16.7 Å². The molecule has 1 aromatic heterocycles. The molecule has 0 saturated carbocycles. The third-order valence-electron chi connectivity index (χ3n) is 4.80. The zero-order chi connectivity index (χ0) is 20.9. The van der Waals surface area contributed by atoms with E-state index in [1.807, 2.05) is 43.3 Å². The van der Waals surface area contributed by atoms with Crippen molar-refractivity contribution in [3.8, 4) is 0 Å². The Morgan fingerprint density at radius 1 is 0.967 bits per heavy atom. The Labute approximate surface area is 178 Å². The van der Waals surface area contributed by atoms with Crippen LogP contribution in [0.3, 0.4) is 0 Å². The summed E-state index contributed by atoms with van der Waals surface area (Å²) in [5.41, 5.74) is 2.25. The fourth-order valence-electron chi connectivity index (χ4n) is 3.22. The Hall–Kier alpha value is -3.51. The van der Waals surface area contributed by atoms with Gasteiger partial charge >= 0.3 is 0 Å². The number of hydrogen-bond acceptors (Lipinski definition) is 4. The monoisotopic (exact) mass is 415 g/mol. The van der Waals surface area contributed by atoms with Crippen LogP contribution < -0.4 is 10.6 Å². The van der Waals surface area contributed by atoms with E-state index >= 15 is 0 Å². The summed E-state index contributed by atoms with van der Waals surface area (Å²) in [6, 6.07) is 23.2. The van der Waals surface area contributed by atoms with E-state index in [4.69, 9.17) is 0 Å². The van der Waals surface area contributed by atoms with Crippen LogP contribution in [0.1, 0.15) is 34.6 Å². The second-order valence-corrected chi connectivity index (χ2v) is 7.89. The van der Waals surface area contributed by atoms with Gasteiger partial charge in [-0.2, -0.15) is 0 Å². The van der Waals surface area contributed by atoms with Crippen LogP contribution in [-0.2, 0) is 11.2 Å². The van der Waals surface area contributed by atoms with Crippen LogP contribution >= 0.6 is 11.3 Å². The van der Waals surface area contributed by atoms with Gasteiger partial charge in [0.25, 0.3) is 5.91 Å². The van der Waals surface area contributed by atoms with E-state index in [1.54, 1.807) is 17.5 Å². The second kappa shape index (κ2) is 8.88. The highest BCUT2D eigenvalue weighted by molar-refractivity contribution is 7.14. The molecule has 4 rings (SSSR count). The van der Waals surface area contributed by atoms with Gasteiger partial charge in [0, 0.05) is 10.9 Å². The lowest BCUT2D eigenvalue weighted by Gasteiger charge is -2.14. The number of nitrogens with one attached hydrogen (secondary N) is 2. The Morgan fingerprint density at radius 2 is 1.70 bits per heavy atom. The van der Waals surface area contributed by atoms with Crippen molar-refractivity contribution in [2.24, 2.45) is 0 Å². The number of nitrogens with zero attached hydrogens (tertiary/aromatic N) is 1. The van der Waals surface area contributed by atoms with Crippen molar-refractivity contribution < 1.29 is 9.59 Å². The average Bonchev–Trinajstić information content (AvgIpc) is 3.20. The quantitative estimate of drug-likeness (QED) is 0.467. The number of carbonyl (C=O) groups excluding carboxylic acids is 2. The SMILES string of the molecule is CC(NC(=O)Cc1csc(NC(=O)c2ccccc2)n1)c1ccc2ccccc2c1. The number of amides is 2. The maximum absolute atomic E-state index is 12.5. The number of carbonyl (C=O) groups is 2. The highest BCUT2D eigenvalue weighted by Gasteiger charge is 2.14. The maximum Gasteiger partial charge on any atom is 0.257 e. The highest BCUT2D eigenvalue weighted by Crippen LogP contribution is 2.21. The third kappa shape index (κ3) is 4.72. The van der Waals surface area contributed by atoms with Gasteiger partial charge in [-0.05, 0) is 41.5 Å². The normalized spacial score (nSPS) is 11.8. The summed E-state index contributed by atoms with van der Waals surface area (Å²) >= 11 is 1.31. The average molecular weight is 416 g/mol. The Morgan fingerprint density at radius 3 is 2.50 bits per heavy atom. The van der Waals surface area contributed by atoms with Gasteiger partial charge in [-0.15, -0.1) is 11.3 Å². The molecule has 6 heteroatoms. The Kier molecular flexibility index (Phi) is 5.86. The van der Waals surface area contributed by atoms with Crippen LogP contribution in [0, 0.1) is 0 Å². The molecular formula is C24H21N3O2S. The zero-order valence-corrected chi connectivity index (χ0v) is 17.3. The lowest BCUT2D eigenvalue weighted by atomic mass is 10.0. The van der Waals surface area contributed by atoms with E-state index in [0.29, 0.717) is 16.4 Å². The number of rotatable bonds is 6. The zero-order valence-electron chi connectivity index (χ0n) is 16.5. The molecule has 0 bridgehead atoms. The first kappa shape index (κ1) is 19.8.